The van der Waals surface area contributed by atoms with Crippen molar-refractivity contribution < 1.29 is 19.1 Å². The predicted octanol–water partition coefficient (Wildman–Crippen LogP) is 5.69. The van der Waals surface area contributed by atoms with Crippen LogP contribution in [-0.2, 0) is 9.47 Å². The van der Waals surface area contributed by atoms with E-state index in [0.717, 1.165) is 5.56 Å². The van der Waals surface area contributed by atoms with Crippen molar-refractivity contribution in [3.05, 3.63) is 101 Å². The van der Waals surface area contributed by atoms with Crippen LogP contribution in [0, 0.1) is 0 Å². The topological polar surface area (TPSA) is 55.8 Å². The molecule has 0 N–H and O–H groups in total. The Hall–Kier alpha value is -3.70. The molecule has 35 heavy (non-hydrogen) atoms. The number of carbonyl (C=O) groups excluding carboxylic acids is 2. The highest BCUT2D eigenvalue weighted by molar-refractivity contribution is 5.94. The van der Waals surface area contributed by atoms with Crippen LogP contribution in [0.2, 0.25) is 0 Å². The highest BCUT2D eigenvalue weighted by Gasteiger charge is 2.39. The number of hydrogen-bond donors (Lipinski definition) is 0. The zero-order valence-corrected chi connectivity index (χ0v) is 19.6. The molecule has 176 valence electrons. The second kappa shape index (κ2) is 8.82. The quantitative estimate of drug-likeness (QED) is 0.464. The van der Waals surface area contributed by atoms with E-state index in [1.165, 1.54) is 27.8 Å². The fourth-order valence-corrected chi connectivity index (χ4v) is 5.68. The number of hydrogen-bond acceptors (Lipinski definition) is 4. The minimum Gasteiger partial charge on any atom is -0.448 e. The first-order chi connectivity index (χ1) is 17.1. The summed E-state index contributed by atoms with van der Waals surface area (Å²) < 4.78 is 11.7. The van der Waals surface area contributed by atoms with Gasteiger partial charge in [-0.05, 0) is 46.7 Å². The van der Waals surface area contributed by atoms with Gasteiger partial charge < -0.3 is 9.47 Å². The number of carbonyl (C=O) groups is 2. The van der Waals surface area contributed by atoms with Gasteiger partial charge in [0.1, 0.15) is 6.61 Å². The lowest BCUT2D eigenvalue weighted by atomic mass is 9.89. The molecule has 0 aromatic heterocycles. The van der Waals surface area contributed by atoms with E-state index in [9.17, 15) is 9.59 Å². The Morgan fingerprint density at radius 1 is 0.914 bits per heavy atom. The zero-order valence-electron chi connectivity index (χ0n) is 19.6. The Bertz CT molecular complexity index is 1280. The maximum absolute atomic E-state index is 13.3. The average molecular weight is 466 g/mol. The molecule has 2 unspecified atom stereocenters. The molecule has 6 rings (SSSR count). The number of rotatable bonds is 4. The molecule has 1 fully saturated rings. The van der Waals surface area contributed by atoms with Crippen molar-refractivity contribution in [3.8, 4) is 11.1 Å². The van der Waals surface area contributed by atoms with Crippen LogP contribution in [0.4, 0.5) is 4.79 Å². The number of amides is 1. The first-order valence-corrected chi connectivity index (χ1v) is 12.1. The monoisotopic (exact) mass is 465 g/mol. The van der Waals surface area contributed by atoms with Crippen LogP contribution in [0.25, 0.3) is 16.7 Å². The smallest absolute Gasteiger partial charge is 0.410 e. The van der Waals surface area contributed by atoms with Crippen LogP contribution in [0.5, 0.6) is 0 Å². The summed E-state index contributed by atoms with van der Waals surface area (Å²) in [5.41, 5.74) is 7.82. The van der Waals surface area contributed by atoms with Gasteiger partial charge in [0.15, 0.2) is 5.78 Å². The normalized spacial score (nSPS) is 20.6. The molecular formula is C30H27NO4. The zero-order chi connectivity index (χ0) is 23.9. The van der Waals surface area contributed by atoms with Crippen molar-refractivity contribution in [3.63, 3.8) is 0 Å². The van der Waals surface area contributed by atoms with Gasteiger partial charge in [0.2, 0.25) is 0 Å². The Kier molecular flexibility index (Phi) is 5.50. The minimum atomic E-state index is -0.285. The van der Waals surface area contributed by atoms with Gasteiger partial charge in [-0.15, -0.1) is 0 Å². The molecule has 3 aliphatic rings. The van der Waals surface area contributed by atoms with Gasteiger partial charge in [-0.25, -0.2) is 4.79 Å². The second-order valence-electron chi connectivity index (χ2n) is 9.50. The Balaban J connectivity index is 1.20. The number of fused-ring (bicyclic) bond motifs is 5. The lowest BCUT2D eigenvalue weighted by molar-refractivity contribution is -0.0331. The van der Waals surface area contributed by atoms with Crippen molar-refractivity contribution in [2.75, 3.05) is 19.8 Å². The van der Waals surface area contributed by atoms with E-state index >= 15 is 0 Å². The summed E-state index contributed by atoms with van der Waals surface area (Å²) in [5.74, 6) is 0.0963. The Morgan fingerprint density at radius 3 is 2.20 bits per heavy atom. The molecule has 0 spiro atoms. The van der Waals surface area contributed by atoms with Crippen LogP contribution in [0.1, 0.15) is 46.3 Å². The van der Waals surface area contributed by atoms with Gasteiger partial charge in [0.25, 0.3) is 0 Å². The lowest BCUT2D eigenvalue weighted by Gasteiger charge is -2.44. The summed E-state index contributed by atoms with van der Waals surface area (Å²) in [6.07, 6.45) is 2.52. The average Bonchev–Trinajstić information content (AvgIpc) is 3.20. The van der Waals surface area contributed by atoms with E-state index < -0.39 is 0 Å². The molecule has 1 saturated heterocycles. The molecule has 3 aromatic carbocycles. The highest BCUT2D eigenvalue weighted by atomic mass is 16.6. The van der Waals surface area contributed by atoms with E-state index in [4.69, 9.17) is 9.47 Å². The van der Waals surface area contributed by atoms with Crippen LogP contribution in [0.15, 0.2) is 78.9 Å². The van der Waals surface area contributed by atoms with Gasteiger partial charge >= 0.3 is 6.09 Å². The van der Waals surface area contributed by atoms with Gasteiger partial charge in [0, 0.05) is 11.5 Å². The van der Waals surface area contributed by atoms with E-state index in [1.807, 2.05) is 41.3 Å². The second-order valence-corrected chi connectivity index (χ2v) is 9.50. The Labute approximate surface area is 205 Å². The number of morpholine rings is 1. The highest BCUT2D eigenvalue weighted by Crippen LogP contribution is 2.44. The lowest BCUT2D eigenvalue weighted by Crippen LogP contribution is -2.56. The molecule has 2 bridgehead atoms. The number of Topliss-reactive ketones (excluding diaryl/α,β-unsaturated/α-hetero) is 1. The first-order valence-electron chi connectivity index (χ1n) is 12.1. The molecule has 0 saturated carbocycles. The fourth-order valence-electron chi connectivity index (χ4n) is 5.68. The molecule has 1 amide bonds. The summed E-state index contributed by atoms with van der Waals surface area (Å²) >= 11 is 0. The summed E-state index contributed by atoms with van der Waals surface area (Å²) in [4.78, 5) is 26.8. The molecule has 1 aliphatic carbocycles. The predicted molar refractivity (Wildman–Crippen MR) is 134 cm³/mol. The number of benzene rings is 3. The largest absolute Gasteiger partial charge is 0.448 e. The maximum Gasteiger partial charge on any atom is 0.410 e. The van der Waals surface area contributed by atoms with Crippen LogP contribution in [-0.4, -0.2) is 48.7 Å². The van der Waals surface area contributed by atoms with Crippen molar-refractivity contribution >= 4 is 17.4 Å². The minimum absolute atomic E-state index is 0.0399. The SMILES string of the molecule is CC(=O)c1ccc(C2=CC3COCC(C2)N3C(=O)OCC2c3ccccc3-c3ccccc32)cc1. The first kappa shape index (κ1) is 21.8. The molecule has 2 atom stereocenters. The number of ether oxygens (including phenoxy) is 2. The summed E-state index contributed by atoms with van der Waals surface area (Å²) in [6, 6.07) is 24.2. The third kappa shape index (κ3) is 3.86. The third-order valence-corrected chi connectivity index (χ3v) is 7.41. The van der Waals surface area contributed by atoms with E-state index in [2.05, 4.69) is 42.5 Å². The molecular weight excluding hydrogens is 438 g/mol. The van der Waals surface area contributed by atoms with E-state index in [1.54, 1.807) is 6.92 Å². The maximum atomic E-state index is 13.3. The summed E-state index contributed by atoms with van der Waals surface area (Å²) in [6.45, 7) is 2.83. The van der Waals surface area contributed by atoms with E-state index in [-0.39, 0.29) is 29.9 Å². The summed E-state index contributed by atoms with van der Waals surface area (Å²) in [5, 5.41) is 0. The number of nitrogens with zero attached hydrogens (tertiary/aromatic N) is 1. The Morgan fingerprint density at radius 2 is 1.57 bits per heavy atom. The van der Waals surface area contributed by atoms with Gasteiger partial charge in [-0.2, -0.15) is 0 Å². The molecule has 5 nitrogen and oxygen atoms in total. The standard InChI is InChI=1S/C30H27NO4/c1-19(32)20-10-12-21(13-11-20)22-14-23-16-34-17-24(15-22)31(23)30(33)35-18-29-27-8-4-2-6-25(27)26-7-3-5-9-28(26)29/h2-14,23-24,29H,15-18H2,1H3. The van der Waals surface area contributed by atoms with Crippen LogP contribution < -0.4 is 0 Å². The van der Waals surface area contributed by atoms with Crippen LogP contribution in [0.3, 0.4) is 0 Å². The van der Waals surface area contributed by atoms with Gasteiger partial charge in [-0.1, -0.05) is 78.9 Å². The number of ketones is 1. The van der Waals surface area contributed by atoms with Crippen LogP contribution >= 0.6 is 0 Å². The van der Waals surface area contributed by atoms with Gasteiger partial charge in [-0.3, -0.25) is 9.69 Å². The van der Waals surface area contributed by atoms with E-state index in [0.29, 0.717) is 31.8 Å². The summed E-state index contributed by atoms with van der Waals surface area (Å²) in [7, 11) is 0. The van der Waals surface area contributed by atoms with Gasteiger partial charge in [0.05, 0.1) is 25.3 Å². The van der Waals surface area contributed by atoms with Crippen molar-refractivity contribution in [1.82, 2.24) is 4.90 Å². The molecule has 2 aliphatic heterocycles. The fraction of sp³-hybridized carbons (Fsp3) is 0.267. The molecule has 3 aromatic rings. The molecule has 2 heterocycles. The van der Waals surface area contributed by atoms with Crippen molar-refractivity contribution in [1.29, 1.82) is 0 Å². The molecule has 0 radical (unpaired) electrons. The third-order valence-electron chi connectivity index (χ3n) is 7.41. The van der Waals surface area contributed by atoms with Crippen molar-refractivity contribution in [2.24, 2.45) is 0 Å². The van der Waals surface area contributed by atoms with Crippen molar-refractivity contribution in [2.45, 2.75) is 31.3 Å². The molecule has 5 heteroatoms.